The van der Waals surface area contributed by atoms with Crippen LogP contribution in [0.2, 0.25) is 0 Å². The van der Waals surface area contributed by atoms with Crippen molar-refractivity contribution in [1.29, 1.82) is 0 Å². The van der Waals surface area contributed by atoms with Gasteiger partial charge in [0.2, 0.25) is 5.91 Å². The average molecular weight is 451 g/mol. The van der Waals surface area contributed by atoms with Crippen LogP contribution in [0.1, 0.15) is 30.5 Å². The quantitative estimate of drug-likeness (QED) is 0.350. The van der Waals surface area contributed by atoms with Crippen LogP contribution < -0.4 is 14.8 Å². The van der Waals surface area contributed by atoms with Crippen LogP contribution in [0.3, 0.4) is 0 Å². The van der Waals surface area contributed by atoms with Crippen molar-refractivity contribution in [3.8, 4) is 11.5 Å². The molecule has 1 N–H and O–H groups in total. The molecule has 0 spiro atoms. The predicted octanol–water partition coefficient (Wildman–Crippen LogP) is 4.98. The summed E-state index contributed by atoms with van der Waals surface area (Å²) in [4.78, 5) is 36.6. The molecule has 5 rings (SSSR count). The summed E-state index contributed by atoms with van der Waals surface area (Å²) in [5.74, 6) is -0.236. The Labute approximate surface area is 196 Å². The molecule has 0 saturated heterocycles. The molecule has 0 aromatic heterocycles. The SMILES string of the molecule is CC(=O)Oc1ccc(C2(c3ccc(OC(C)=O)cc3)C(=O)Nc3c2ccc2ccccc32)cc1. The summed E-state index contributed by atoms with van der Waals surface area (Å²) in [6.07, 6.45) is 0. The topological polar surface area (TPSA) is 81.7 Å². The minimum Gasteiger partial charge on any atom is -0.427 e. The largest absolute Gasteiger partial charge is 0.427 e. The Morgan fingerprint density at radius 1 is 0.706 bits per heavy atom. The van der Waals surface area contributed by atoms with Gasteiger partial charge in [0.1, 0.15) is 16.9 Å². The molecule has 0 unspecified atom stereocenters. The fourth-order valence-corrected chi connectivity index (χ4v) is 4.67. The Morgan fingerprint density at radius 3 is 1.76 bits per heavy atom. The number of benzene rings is 4. The Kier molecular flexibility index (Phi) is 5.13. The molecule has 0 fully saturated rings. The van der Waals surface area contributed by atoms with Crippen LogP contribution >= 0.6 is 0 Å². The van der Waals surface area contributed by atoms with Crippen LogP contribution in [0.25, 0.3) is 10.8 Å². The summed E-state index contributed by atoms with van der Waals surface area (Å²) in [5.41, 5.74) is 1.86. The molecule has 0 aliphatic carbocycles. The summed E-state index contributed by atoms with van der Waals surface area (Å²) < 4.78 is 10.4. The van der Waals surface area contributed by atoms with E-state index in [0.717, 1.165) is 33.2 Å². The number of amides is 1. The van der Waals surface area contributed by atoms with E-state index in [1.165, 1.54) is 13.8 Å². The van der Waals surface area contributed by atoms with Gasteiger partial charge in [0, 0.05) is 24.8 Å². The second-order valence-electron chi connectivity index (χ2n) is 8.15. The third-order valence-electron chi connectivity index (χ3n) is 6.01. The average Bonchev–Trinajstić information content (AvgIpc) is 3.12. The second kappa shape index (κ2) is 8.15. The van der Waals surface area contributed by atoms with Crippen LogP contribution in [0.15, 0.2) is 84.9 Å². The van der Waals surface area contributed by atoms with Gasteiger partial charge in [-0.1, -0.05) is 60.7 Å². The van der Waals surface area contributed by atoms with E-state index in [4.69, 9.17) is 9.47 Å². The van der Waals surface area contributed by atoms with Gasteiger partial charge in [0.15, 0.2) is 0 Å². The molecule has 1 aliphatic heterocycles. The summed E-state index contributed by atoms with van der Waals surface area (Å²) in [5, 5.41) is 5.08. The van der Waals surface area contributed by atoms with E-state index >= 15 is 0 Å². The van der Waals surface area contributed by atoms with Gasteiger partial charge in [0.25, 0.3) is 0 Å². The van der Waals surface area contributed by atoms with Gasteiger partial charge in [-0.15, -0.1) is 0 Å². The van der Waals surface area contributed by atoms with Crippen molar-refractivity contribution in [2.75, 3.05) is 5.32 Å². The maximum atomic E-state index is 13.8. The van der Waals surface area contributed by atoms with Crippen LogP contribution in [0, 0.1) is 0 Å². The first-order valence-corrected chi connectivity index (χ1v) is 10.8. The molecule has 1 heterocycles. The van der Waals surface area contributed by atoms with Crippen molar-refractivity contribution in [3.63, 3.8) is 0 Å². The van der Waals surface area contributed by atoms with E-state index in [0.29, 0.717) is 11.5 Å². The zero-order chi connectivity index (χ0) is 23.9. The molecule has 1 aliphatic rings. The van der Waals surface area contributed by atoms with Gasteiger partial charge >= 0.3 is 11.9 Å². The lowest BCUT2D eigenvalue weighted by Crippen LogP contribution is -2.37. The first-order chi connectivity index (χ1) is 16.4. The van der Waals surface area contributed by atoms with Gasteiger partial charge in [-0.25, -0.2) is 0 Å². The van der Waals surface area contributed by atoms with E-state index in [1.807, 2.05) is 36.4 Å². The summed E-state index contributed by atoms with van der Waals surface area (Å²) in [7, 11) is 0. The maximum Gasteiger partial charge on any atom is 0.308 e. The van der Waals surface area contributed by atoms with Crippen molar-refractivity contribution < 1.29 is 23.9 Å². The van der Waals surface area contributed by atoms with Crippen LogP contribution in [-0.2, 0) is 19.8 Å². The van der Waals surface area contributed by atoms with Crippen molar-refractivity contribution in [3.05, 3.63) is 102 Å². The molecule has 4 aromatic rings. The number of rotatable bonds is 4. The van der Waals surface area contributed by atoms with Crippen molar-refractivity contribution >= 4 is 34.3 Å². The highest BCUT2D eigenvalue weighted by Crippen LogP contribution is 2.50. The molecular formula is C28H21NO5. The fraction of sp³-hybridized carbons (Fsp3) is 0.107. The lowest BCUT2D eigenvalue weighted by Gasteiger charge is -2.29. The van der Waals surface area contributed by atoms with Crippen LogP contribution in [0.5, 0.6) is 11.5 Å². The number of fused-ring (bicyclic) bond motifs is 3. The lowest BCUT2D eigenvalue weighted by atomic mass is 9.70. The van der Waals surface area contributed by atoms with Crippen molar-refractivity contribution in [2.45, 2.75) is 19.3 Å². The Balaban J connectivity index is 1.74. The minimum atomic E-state index is -1.15. The molecular weight excluding hydrogens is 430 g/mol. The summed E-state index contributed by atoms with van der Waals surface area (Å²) in [6.45, 7) is 2.68. The van der Waals surface area contributed by atoms with Gasteiger partial charge in [0.05, 0.1) is 5.69 Å². The highest BCUT2D eigenvalue weighted by Gasteiger charge is 2.50. The van der Waals surface area contributed by atoms with E-state index in [9.17, 15) is 14.4 Å². The van der Waals surface area contributed by atoms with Gasteiger partial charge in [-0.05, 0) is 40.8 Å². The third-order valence-corrected chi connectivity index (χ3v) is 6.01. The number of nitrogens with one attached hydrogen (secondary N) is 1. The fourth-order valence-electron chi connectivity index (χ4n) is 4.67. The molecule has 34 heavy (non-hydrogen) atoms. The zero-order valence-electron chi connectivity index (χ0n) is 18.6. The van der Waals surface area contributed by atoms with Gasteiger partial charge in [-0.3, -0.25) is 14.4 Å². The molecule has 0 radical (unpaired) electrons. The van der Waals surface area contributed by atoms with E-state index in [-0.39, 0.29) is 5.91 Å². The molecule has 6 heteroatoms. The first-order valence-electron chi connectivity index (χ1n) is 10.8. The van der Waals surface area contributed by atoms with Gasteiger partial charge < -0.3 is 14.8 Å². The van der Waals surface area contributed by atoms with E-state index in [1.54, 1.807) is 48.5 Å². The third kappa shape index (κ3) is 3.40. The standard InChI is InChI=1S/C28H21NO5/c1-17(30)33-22-12-8-20(9-13-22)28(21-10-14-23(15-11-21)34-18(2)31)25-16-7-19-5-3-4-6-24(19)26(25)29-27(28)32/h3-16H,1-2H3,(H,29,32). The van der Waals surface area contributed by atoms with Crippen LogP contribution in [-0.4, -0.2) is 17.8 Å². The molecule has 4 aromatic carbocycles. The Bertz CT molecular complexity index is 1380. The first kappa shape index (κ1) is 21.4. The minimum absolute atomic E-state index is 0.195. The number of carbonyl (C=O) groups excluding carboxylic acids is 3. The second-order valence-corrected chi connectivity index (χ2v) is 8.15. The molecule has 168 valence electrons. The Morgan fingerprint density at radius 2 is 1.24 bits per heavy atom. The predicted molar refractivity (Wildman–Crippen MR) is 128 cm³/mol. The molecule has 0 atom stereocenters. The monoisotopic (exact) mass is 451 g/mol. The molecule has 0 bridgehead atoms. The van der Waals surface area contributed by atoms with Crippen molar-refractivity contribution in [1.82, 2.24) is 0 Å². The Hall–Kier alpha value is -4.45. The zero-order valence-corrected chi connectivity index (χ0v) is 18.6. The molecule has 0 saturated carbocycles. The number of anilines is 1. The van der Waals surface area contributed by atoms with Crippen molar-refractivity contribution in [2.24, 2.45) is 0 Å². The number of hydrogen-bond donors (Lipinski definition) is 1. The smallest absolute Gasteiger partial charge is 0.308 e. The summed E-state index contributed by atoms with van der Waals surface area (Å²) >= 11 is 0. The number of esters is 2. The van der Waals surface area contributed by atoms with E-state index < -0.39 is 17.4 Å². The maximum absolute atomic E-state index is 13.8. The molecule has 1 amide bonds. The molecule has 6 nitrogen and oxygen atoms in total. The van der Waals surface area contributed by atoms with Gasteiger partial charge in [-0.2, -0.15) is 0 Å². The highest BCUT2D eigenvalue weighted by molar-refractivity contribution is 6.17. The number of carbonyl (C=O) groups is 3. The summed E-state index contributed by atoms with van der Waals surface area (Å²) in [6, 6.07) is 25.7. The normalized spacial score (nSPS) is 13.8. The van der Waals surface area contributed by atoms with Crippen LogP contribution in [0.4, 0.5) is 5.69 Å². The number of hydrogen-bond acceptors (Lipinski definition) is 5. The highest BCUT2D eigenvalue weighted by atomic mass is 16.5. The van der Waals surface area contributed by atoms with E-state index in [2.05, 4.69) is 5.32 Å². The number of ether oxygens (including phenoxy) is 2. The lowest BCUT2D eigenvalue weighted by molar-refractivity contribution is -0.132.